The van der Waals surface area contributed by atoms with Gasteiger partial charge in [-0.05, 0) is 27.7 Å². The molecule has 1 aromatic rings. The normalized spacial score (nSPS) is 12.3. The van der Waals surface area contributed by atoms with Crippen molar-refractivity contribution in [3.63, 3.8) is 0 Å². The van der Waals surface area contributed by atoms with E-state index < -0.39 is 0 Å². The first-order valence-corrected chi connectivity index (χ1v) is 5.34. The summed E-state index contributed by atoms with van der Waals surface area (Å²) in [6, 6.07) is 1.64. The van der Waals surface area contributed by atoms with E-state index in [1.807, 2.05) is 20.8 Å². The van der Waals surface area contributed by atoms with Gasteiger partial charge in [0.1, 0.15) is 18.2 Å². The first-order chi connectivity index (χ1) is 7.49. The van der Waals surface area contributed by atoms with Crippen LogP contribution in [0.2, 0.25) is 0 Å². The lowest BCUT2D eigenvalue weighted by Gasteiger charge is -2.16. The molecule has 1 heterocycles. The van der Waals surface area contributed by atoms with Gasteiger partial charge in [-0.25, -0.2) is 9.97 Å². The minimum absolute atomic E-state index is 0.0359. The standard InChI is InChI=1S/C11H18N4O/c1-7(2)14-11(16)9(4)15-10-5-8(3)12-6-13-10/h5-7,9H,1-4H3,(H,14,16)(H,12,13,15). The molecule has 0 aliphatic rings. The van der Waals surface area contributed by atoms with Crippen molar-refractivity contribution < 1.29 is 4.79 Å². The number of nitrogens with one attached hydrogen (secondary N) is 2. The van der Waals surface area contributed by atoms with Crippen LogP contribution in [0.3, 0.4) is 0 Å². The van der Waals surface area contributed by atoms with Crippen LogP contribution in [0.25, 0.3) is 0 Å². The average Bonchev–Trinajstić information content (AvgIpc) is 2.16. The van der Waals surface area contributed by atoms with Crippen LogP contribution in [0.5, 0.6) is 0 Å². The molecule has 0 aliphatic heterocycles. The molecule has 0 spiro atoms. The van der Waals surface area contributed by atoms with Crippen LogP contribution < -0.4 is 10.6 Å². The lowest BCUT2D eigenvalue weighted by molar-refractivity contribution is -0.122. The third kappa shape index (κ3) is 3.84. The van der Waals surface area contributed by atoms with E-state index in [0.29, 0.717) is 5.82 Å². The Kier molecular flexibility index (Phi) is 4.22. The van der Waals surface area contributed by atoms with Gasteiger partial charge in [0.25, 0.3) is 0 Å². The second kappa shape index (κ2) is 5.44. The largest absolute Gasteiger partial charge is 0.359 e. The van der Waals surface area contributed by atoms with Crippen molar-refractivity contribution in [1.29, 1.82) is 0 Å². The summed E-state index contributed by atoms with van der Waals surface area (Å²) in [5.74, 6) is 0.630. The summed E-state index contributed by atoms with van der Waals surface area (Å²) in [6.07, 6.45) is 1.48. The minimum atomic E-state index is -0.309. The lowest BCUT2D eigenvalue weighted by Crippen LogP contribution is -2.41. The van der Waals surface area contributed by atoms with Gasteiger partial charge in [0, 0.05) is 17.8 Å². The number of nitrogens with zero attached hydrogens (tertiary/aromatic N) is 2. The monoisotopic (exact) mass is 222 g/mol. The fourth-order valence-corrected chi connectivity index (χ4v) is 1.23. The summed E-state index contributed by atoms with van der Waals surface area (Å²) in [5.41, 5.74) is 0.869. The molecular weight excluding hydrogens is 204 g/mol. The highest BCUT2D eigenvalue weighted by atomic mass is 16.2. The molecule has 1 atom stereocenters. The molecule has 1 amide bonds. The number of aromatic nitrogens is 2. The van der Waals surface area contributed by atoms with E-state index in [0.717, 1.165) is 5.69 Å². The summed E-state index contributed by atoms with van der Waals surface area (Å²) < 4.78 is 0. The summed E-state index contributed by atoms with van der Waals surface area (Å²) in [6.45, 7) is 7.54. The molecule has 0 bridgehead atoms. The van der Waals surface area contributed by atoms with E-state index >= 15 is 0 Å². The molecule has 0 fully saturated rings. The highest BCUT2D eigenvalue weighted by molar-refractivity contribution is 5.84. The van der Waals surface area contributed by atoms with Crippen LogP contribution in [0.15, 0.2) is 12.4 Å². The number of amides is 1. The zero-order chi connectivity index (χ0) is 12.1. The minimum Gasteiger partial charge on any atom is -0.359 e. The molecule has 1 rings (SSSR count). The number of hydrogen-bond donors (Lipinski definition) is 2. The van der Waals surface area contributed by atoms with Crippen LogP contribution in [-0.2, 0) is 4.79 Å². The molecule has 16 heavy (non-hydrogen) atoms. The fourth-order valence-electron chi connectivity index (χ4n) is 1.23. The molecule has 2 N–H and O–H groups in total. The summed E-state index contributed by atoms with van der Waals surface area (Å²) in [5, 5.41) is 5.86. The number of rotatable bonds is 4. The summed E-state index contributed by atoms with van der Waals surface area (Å²) >= 11 is 0. The second-order valence-electron chi connectivity index (χ2n) is 4.07. The third-order valence-electron chi connectivity index (χ3n) is 1.99. The summed E-state index contributed by atoms with van der Waals surface area (Å²) in [4.78, 5) is 19.7. The Morgan fingerprint density at radius 2 is 2.00 bits per heavy atom. The van der Waals surface area contributed by atoms with Gasteiger partial charge >= 0.3 is 0 Å². The molecule has 88 valence electrons. The maximum Gasteiger partial charge on any atom is 0.242 e. The van der Waals surface area contributed by atoms with Gasteiger partial charge in [-0.2, -0.15) is 0 Å². The number of anilines is 1. The van der Waals surface area contributed by atoms with Crippen molar-refractivity contribution >= 4 is 11.7 Å². The Morgan fingerprint density at radius 1 is 1.31 bits per heavy atom. The van der Waals surface area contributed by atoms with E-state index in [2.05, 4.69) is 20.6 Å². The Morgan fingerprint density at radius 3 is 2.56 bits per heavy atom. The fraction of sp³-hybridized carbons (Fsp3) is 0.545. The van der Waals surface area contributed by atoms with Crippen LogP contribution >= 0.6 is 0 Å². The van der Waals surface area contributed by atoms with Gasteiger partial charge < -0.3 is 10.6 Å². The van der Waals surface area contributed by atoms with E-state index in [1.54, 1.807) is 13.0 Å². The van der Waals surface area contributed by atoms with Gasteiger partial charge in [0.05, 0.1) is 0 Å². The zero-order valence-electron chi connectivity index (χ0n) is 10.1. The lowest BCUT2D eigenvalue weighted by atomic mass is 10.2. The predicted molar refractivity (Wildman–Crippen MR) is 63.1 cm³/mol. The van der Waals surface area contributed by atoms with E-state index in [4.69, 9.17) is 0 Å². The highest BCUT2D eigenvalue weighted by Crippen LogP contribution is 2.04. The van der Waals surface area contributed by atoms with Gasteiger partial charge in [0.15, 0.2) is 0 Å². The van der Waals surface area contributed by atoms with Crippen molar-refractivity contribution in [1.82, 2.24) is 15.3 Å². The van der Waals surface area contributed by atoms with Crippen LogP contribution in [0, 0.1) is 6.92 Å². The molecule has 0 saturated carbocycles. The topological polar surface area (TPSA) is 66.9 Å². The number of carbonyl (C=O) groups excluding carboxylic acids is 1. The van der Waals surface area contributed by atoms with Gasteiger partial charge in [-0.15, -0.1) is 0 Å². The van der Waals surface area contributed by atoms with Gasteiger partial charge in [0.2, 0.25) is 5.91 Å². The maximum absolute atomic E-state index is 11.6. The molecule has 5 heteroatoms. The van der Waals surface area contributed by atoms with Crippen molar-refractivity contribution in [2.45, 2.75) is 39.8 Å². The molecule has 0 aromatic carbocycles. The number of hydrogen-bond acceptors (Lipinski definition) is 4. The number of aryl methyl sites for hydroxylation is 1. The molecule has 1 aromatic heterocycles. The van der Waals surface area contributed by atoms with Gasteiger partial charge in [-0.1, -0.05) is 0 Å². The SMILES string of the molecule is Cc1cc(NC(C)C(=O)NC(C)C)ncn1. The van der Waals surface area contributed by atoms with Crippen LogP contribution in [-0.4, -0.2) is 28.0 Å². The maximum atomic E-state index is 11.6. The Balaban J connectivity index is 2.57. The van der Waals surface area contributed by atoms with E-state index in [1.165, 1.54) is 6.33 Å². The van der Waals surface area contributed by atoms with E-state index in [-0.39, 0.29) is 18.0 Å². The third-order valence-corrected chi connectivity index (χ3v) is 1.99. The Labute approximate surface area is 95.7 Å². The van der Waals surface area contributed by atoms with Crippen molar-refractivity contribution in [2.24, 2.45) is 0 Å². The van der Waals surface area contributed by atoms with Crippen LogP contribution in [0.1, 0.15) is 26.5 Å². The first kappa shape index (κ1) is 12.4. The first-order valence-electron chi connectivity index (χ1n) is 5.34. The number of carbonyl (C=O) groups is 1. The molecule has 0 saturated heterocycles. The van der Waals surface area contributed by atoms with E-state index in [9.17, 15) is 4.79 Å². The summed E-state index contributed by atoms with van der Waals surface area (Å²) in [7, 11) is 0. The molecular formula is C11H18N4O. The molecule has 0 radical (unpaired) electrons. The quantitative estimate of drug-likeness (QED) is 0.801. The Bertz CT molecular complexity index is 365. The molecule has 5 nitrogen and oxygen atoms in total. The van der Waals surface area contributed by atoms with Crippen LogP contribution in [0.4, 0.5) is 5.82 Å². The van der Waals surface area contributed by atoms with Crippen molar-refractivity contribution in [2.75, 3.05) is 5.32 Å². The Hall–Kier alpha value is -1.65. The molecule has 0 aliphatic carbocycles. The predicted octanol–water partition coefficient (Wildman–Crippen LogP) is 1.11. The highest BCUT2D eigenvalue weighted by Gasteiger charge is 2.13. The van der Waals surface area contributed by atoms with Gasteiger partial charge in [-0.3, -0.25) is 4.79 Å². The molecule has 1 unspecified atom stereocenters. The average molecular weight is 222 g/mol. The van der Waals surface area contributed by atoms with Crippen molar-refractivity contribution in [3.8, 4) is 0 Å². The van der Waals surface area contributed by atoms with Crippen molar-refractivity contribution in [3.05, 3.63) is 18.1 Å². The zero-order valence-corrected chi connectivity index (χ0v) is 10.1. The second-order valence-corrected chi connectivity index (χ2v) is 4.07. The smallest absolute Gasteiger partial charge is 0.242 e.